The van der Waals surface area contributed by atoms with E-state index in [9.17, 15) is 4.79 Å². The number of nitrogens with zero attached hydrogens (tertiary/aromatic N) is 2. The van der Waals surface area contributed by atoms with Crippen molar-refractivity contribution < 1.29 is 4.79 Å². The first kappa shape index (κ1) is 14.0. The zero-order valence-electron chi connectivity index (χ0n) is 12.7. The van der Waals surface area contributed by atoms with E-state index in [1.165, 1.54) is 12.1 Å². The van der Waals surface area contributed by atoms with Crippen LogP contribution in [-0.4, -0.2) is 37.6 Å². The number of hydrogen-bond acceptors (Lipinski definition) is 3. The highest BCUT2D eigenvalue weighted by Crippen LogP contribution is 2.43. The second-order valence-electron chi connectivity index (χ2n) is 7.18. The molecule has 1 aromatic heterocycles. The molecule has 108 valence electrons. The van der Waals surface area contributed by atoms with Crippen molar-refractivity contribution in [1.29, 1.82) is 0 Å². The van der Waals surface area contributed by atoms with Crippen molar-refractivity contribution in [2.75, 3.05) is 0 Å². The van der Waals surface area contributed by atoms with Crippen LogP contribution in [0.25, 0.3) is 0 Å². The third-order valence-corrected chi connectivity index (χ3v) is 15.1. The van der Waals surface area contributed by atoms with Crippen molar-refractivity contribution in [2.45, 2.75) is 50.4 Å². The minimum absolute atomic E-state index is 0.0238. The van der Waals surface area contributed by atoms with Gasteiger partial charge in [-0.1, -0.05) is 32.3 Å². The second kappa shape index (κ2) is 4.51. The SMILES string of the molecule is C[Si]1(C)CC[Si](C)(C)N1[C@@H]1C(=O)N[C@H]1c1ccccn1. The Balaban J connectivity index is 1.94. The summed E-state index contributed by atoms with van der Waals surface area (Å²) in [6.07, 6.45) is 1.81. The van der Waals surface area contributed by atoms with Crippen LogP contribution in [-0.2, 0) is 4.79 Å². The molecular weight excluding hydrogens is 282 g/mol. The Kier molecular flexibility index (Phi) is 3.15. The lowest BCUT2D eigenvalue weighted by Gasteiger charge is -2.51. The van der Waals surface area contributed by atoms with Crippen LogP contribution in [0.1, 0.15) is 11.7 Å². The van der Waals surface area contributed by atoms with E-state index in [1.54, 1.807) is 0 Å². The Morgan fingerprint density at radius 1 is 1.20 bits per heavy atom. The predicted octanol–water partition coefficient (Wildman–Crippen LogP) is 2.35. The van der Waals surface area contributed by atoms with Crippen LogP contribution in [0.3, 0.4) is 0 Å². The first-order valence-electron chi connectivity index (χ1n) is 7.34. The summed E-state index contributed by atoms with van der Waals surface area (Å²) in [6, 6.07) is 8.70. The van der Waals surface area contributed by atoms with Gasteiger partial charge in [0.15, 0.2) is 0 Å². The molecule has 2 aliphatic rings. The molecule has 20 heavy (non-hydrogen) atoms. The molecule has 6 heteroatoms. The number of nitrogens with one attached hydrogen (secondary N) is 1. The smallest absolute Gasteiger partial charge is 0.239 e. The third kappa shape index (κ3) is 2.06. The average molecular weight is 306 g/mol. The van der Waals surface area contributed by atoms with Gasteiger partial charge in [0.1, 0.15) is 22.5 Å². The molecule has 0 radical (unpaired) electrons. The highest BCUT2D eigenvalue weighted by atomic mass is 28.4. The maximum absolute atomic E-state index is 12.2. The molecule has 4 nitrogen and oxygen atoms in total. The van der Waals surface area contributed by atoms with Crippen LogP contribution in [0.4, 0.5) is 0 Å². The largest absolute Gasteiger partial charge is 0.344 e. The normalized spacial score (nSPS) is 31.7. The van der Waals surface area contributed by atoms with Gasteiger partial charge in [-0.15, -0.1) is 0 Å². The van der Waals surface area contributed by atoms with Crippen molar-refractivity contribution in [1.82, 2.24) is 14.5 Å². The maximum Gasteiger partial charge on any atom is 0.239 e. The summed E-state index contributed by atoms with van der Waals surface area (Å²) >= 11 is 0. The van der Waals surface area contributed by atoms with E-state index in [0.29, 0.717) is 0 Å². The molecule has 0 aromatic carbocycles. The number of amides is 1. The van der Waals surface area contributed by atoms with E-state index >= 15 is 0 Å². The van der Waals surface area contributed by atoms with Crippen molar-refractivity contribution >= 4 is 22.4 Å². The van der Waals surface area contributed by atoms with E-state index in [2.05, 4.69) is 40.7 Å². The Bertz CT molecular complexity index is 516. The number of hydrogen-bond donors (Lipinski definition) is 1. The fourth-order valence-electron chi connectivity index (χ4n) is 3.86. The van der Waals surface area contributed by atoms with Crippen LogP contribution in [0, 0.1) is 0 Å². The number of rotatable bonds is 2. The van der Waals surface area contributed by atoms with Crippen LogP contribution in [0.5, 0.6) is 0 Å². The standard InChI is InChI=1S/C14H23N3OSi2/c1-19(2)9-10-20(3,4)17(19)13-12(16-14(13)18)11-7-5-6-8-15-11/h5-8,12-13H,9-10H2,1-4H3,(H,16,18)/t12-,13-/m0/s1. The topological polar surface area (TPSA) is 45.2 Å². The van der Waals surface area contributed by atoms with Gasteiger partial charge in [0.25, 0.3) is 0 Å². The fraction of sp³-hybridized carbons (Fsp3) is 0.571. The molecule has 2 fully saturated rings. The highest BCUT2D eigenvalue weighted by molar-refractivity contribution is 6.95. The van der Waals surface area contributed by atoms with Crippen LogP contribution in [0.2, 0.25) is 38.3 Å². The number of carbonyl (C=O) groups excluding carboxylic acids is 1. The van der Waals surface area contributed by atoms with Gasteiger partial charge in [-0.3, -0.25) is 9.78 Å². The predicted molar refractivity (Wildman–Crippen MR) is 85.3 cm³/mol. The quantitative estimate of drug-likeness (QED) is 0.674. The van der Waals surface area contributed by atoms with E-state index in [-0.39, 0.29) is 18.0 Å². The summed E-state index contributed by atoms with van der Waals surface area (Å²) in [5, 5.41) is 3.06. The number of β-lactam (4-membered cyclic amide) rings is 1. The van der Waals surface area contributed by atoms with E-state index in [0.717, 1.165) is 5.69 Å². The van der Waals surface area contributed by atoms with E-state index in [1.807, 2.05) is 24.4 Å². The van der Waals surface area contributed by atoms with Crippen molar-refractivity contribution in [2.24, 2.45) is 0 Å². The zero-order chi connectivity index (χ0) is 14.5. The van der Waals surface area contributed by atoms with Gasteiger partial charge in [-0.05, 0) is 24.2 Å². The Morgan fingerprint density at radius 2 is 1.85 bits per heavy atom. The molecule has 0 unspecified atom stereocenters. The minimum Gasteiger partial charge on any atom is -0.344 e. The maximum atomic E-state index is 12.2. The summed E-state index contributed by atoms with van der Waals surface area (Å²) in [4.78, 5) is 16.7. The average Bonchev–Trinajstić information content (AvgIpc) is 2.60. The molecule has 2 aliphatic heterocycles. The summed E-state index contributed by atoms with van der Waals surface area (Å²) in [5.74, 6) is 0.198. The lowest BCUT2D eigenvalue weighted by atomic mass is 9.96. The van der Waals surface area contributed by atoms with Crippen LogP contribution >= 0.6 is 0 Å². The number of pyridine rings is 1. The Labute approximate surface area is 122 Å². The van der Waals surface area contributed by atoms with Crippen molar-refractivity contribution in [3.8, 4) is 0 Å². The molecule has 0 bridgehead atoms. The molecule has 1 aromatic rings. The highest BCUT2D eigenvalue weighted by Gasteiger charge is 2.57. The van der Waals surface area contributed by atoms with E-state index < -0.39 is 16.5 Å². The zero-order valence-corrected chi connectivity index (χ0v) is 14.7. The van der Waals surface area contributed by atoms with Crippen molar-refractivity contribution in [3.63, 3.8) is 0 Å². The van der Waals surface area contributed by atoms with Gasteiger partial charge < -0.3 is 9.55 Å². The first-order chi connectivity index (χ1) is 9.33. The molecule has 0 spiro atoms. The van der Waals surface area contributed by atoms with Gasteiger partial charge in [-0.2, -0.15) is 0 Å². The summed E-state index contributed by atoms with van der Waals surface area (Å²) in [6.45, 7) is 9.65. The van der Waals surface area contributed by atoms with Gasteiger partial charge in [0.05, 0.1) is 11.7 Å². The molecule has 2 atom stereocenters. The number of carbonyl (C=O) groups is 1. The fourth-order valence-corrected chi connectivity index (χ4v) is 18.5. The lowest BCUT2D eigenvalue weighted by Crippen LogP contribution is -2.72. The van der Waals surface area contributed by atoms with Crippen LogP contribution in [0.15, 0.2) is 24.4 Å². The monoisotopic (exact) mass is 305 g/mol. The second-order valence-corrected chi connectivity index (χ2v) is 16.8. The molecule has 3 heterocycles. The molecular formula is C14H23N3OSi2. The minimum atomic E-state index is -1.45. The molecule has 2 saturated heterocycles. The molecule has 1 N–H and O–H groups in total. The lowest BCUT2D eigenvalue weighted by molar-refractivity contribution is -0.133. The van der Waals surface area contributed by atoms with Crippen molar-refractivity contribution in [3.05, 3.63) is 30.1 Å². The van der Waals surface area contributed by atoms with Gasteiger partial charge in [0.2, 0.25) is 5.91 Å². The number of aromatic nitrogens is 1. The van der Waals surface area contributed by atoms with Gasteiger partial charge in [-0.25, -0.2) is 0 Å². The molecule has 3 rings (SSSR count). The molecule has 0 aliphatic carbocycles. The molecule has 1 amide bonds. The van der Waals surface area contributed by atoms with Gasteiger partial charge in [0, 0.05) is 6.20 Å². The molecule has 0 saturated carbocycles. The summed E-state index contributed by atoms with van der Waals surface area (Å²) in [7, 11) is -2.90. The Hall–Kier alpha value is -0.986. The summed E-state index contributed by atoms with van der Waals surface area (Å²) in [5.41, 5.74) is 0.999. The van der Waals surface area contributed by atoms with E-state index in [4.69, 9.17) is 0 Å². The van der Waals surface area contributed by atoms with Gasteiger partial charge >= 0.3 is 0 Å². The Morgan fingerprint density at radius 3 is 2.35 bits per heavy atom. The van der Waals surface area contributed by atoms with Crippen LogP contribution < -0.4 is 5.32 Å². The summed E-state index contributed by atoms with van der Waals surface area (Å²) < 4.78 is 2.68. The third-order valence-electron chi connectivity index (χ3n) is 4.82. The first-order valence-corrected chi connectivity index (χ1v) is 13.6.